The van der Waals surface area contributed by atoms with E-state index in [1.807, 2.05) is 30.3 Å². The molecule has 0 atom stereocenters. The summed E-state index contributed by atoms with van der Waals surface area (Å²) in [5, 5.41) is 0.442. The van der Waals surface area contributed by atoms with Gasteiger partial charge in [-0.2, -0.15) is 0 Å². The lowest BCUT2D eigenvalue weighted by molar-refractivity contribution is -0.128. The van der Waals surface area contributed by atoms with E-state index in [0.717, 1.165) is 5.56 Å². The highest BCUT2D eigenvalue weighted by Gasteiger charge is 2.23. The smallest absolute Gasteiger partial charge is 0.238 e. The number of rotatable bonds is 8. The molecule has 2 rings (SSSR count). The second-order valence-electron chi connectivity index (χ2n) is 5.62. The topological polar surface area (TPSA) is 80.5 Å². The fourth-order valence-corrected chi connectivity index (χ4v) is 3.76. The predicted molar refractivity (Wildman–Crippen MR) is 107 cm³/mol. The van der Waals surface area contributed by atoms with Crippen LogP contribution in [0.1, 0.15) is 5.56 Å². The Hall–Kier alpha value is -1.60. The molecular formula is C18H22Cl2N2O3S. The van der Waals surface area contributed by atoms with Gasteiger partial charge in [0.05, 0.1) is 4.90 Å². The predicted octanol–water partition coefficient (Wildman–Crippen LogP) is 2.57. The summed E-state index contributed by atoms with van der Waals surface area (Å²) in [7, 11) is -3.71. The first kappa shape index (κ1) is 22.4. The van der Waals surface area contributed by atoms with E-state index in [1.165, 1.54) is 29.2 Å². The summed E-state index contributed by atoms with van der Waals surface area (Å²) in [4.78, 5) is 14.1. The van der Waals surface area contributed by atoms with E-state index in [2.05, 4.69) is 0 Å². The molecule has 0 aliphatic carbocycles. The van der Waals surface area contributed by atoms with Crippen LogP contribution < -0.4 is 5.73 Å². The molecule has 0 radical (unpaired) electrons. The molecule has 5 nitrogen and oxygen atoms in total. The van der Waals surface area contributed by atoms with E-state index in [1.54, 1.807) is 0 Å². The molecule has 0 spiro atoms. The van der Waals surface area contributed by atoms with Crippen LogP contribution in [-0.2, 0) is 21.1 Å². The van der Waals surface area contributed by atoms with Crippen molar-refractivity contribution in [3.8, 4) is 0 Å². The molecule has 0 aliphatic rings. The fourth-order valence-electron chi connectivity index (χ4n) is 2.40. The summed E-state index contributed by atoms with van der Waals surface area (Å²) in [6.07, 6.45) is 0.646. The van der Waals surface area contributed by atoms with Gasteiger partial charge in [-0.15, -0.1) is 12.4 Å². The molecule has 0 heterocycles. The highest BCUT2D eigenvalue weighted by molar-refractivity contribution is 7.92. The molecule has 1 amide bonds. The van der Waals surface area contributed by atoms with Gasteiger partial charge in [0.15, 0.2) is 9.84 Å². The van der Waals surface area contributed by atoms with Gasteiger partial charge >= 0.3 is 0 Å². The number of hydrogen-bond donors (Lipinski definition) is 1. The van der Waals surface area contributed by atoms with Gasteiger partial charge in [-0.1, -0.05) is 41.9 Å². The number of carbonyl (C=O) groups excluding carboxylic acids is 1. The van der Waals surface area contributed by atoms with Crippen LogP contribution in [0, 0.1) is 0 Å². The number of hydrogen-bond acceptors (Lipinski definition) is 4. The molecule has 8 heteroatoms. The largest absolute Gasteiger partial charge is 0.340 e. The summed E-state index contributed by atoms with van der Waals surface area (Å²) >= 11 is 5.77. The van der Waals surface area contributed by atoms with Crippen LogP contribution in [0.2, 0.25) is 5.02 Å². The van der Waals surface area contributed by atoms with Crippen LogP contribution in [0.5, 0.6) is 0 Å². The lowest BCUT2D eigenvalue weighted by Gasteiger charge is -2.22. The Kier molecular flexibility index (Phi) is 9.08. The van der Waals surface area contributed by atoms with Crippen LogP contribution in [0.4, 0.5) is 0 Å². The molecule has 142 valence electrons. The Morgan fingerprint density at radius 1 is 1.00 bits per heavy atom. The molecule has 0 aliphatic heterocycles. The first-order valence-corrected chi connectivity index (χ1v) is 9.95. The third kappa shape index (κ3) is 6.61. The average molecular weight is 417 g/mol. The first-order valence-electron chi connectivity index (χ1n) is 7.92. The van der Waals surface area contributed by atoms with E-state index in [4.69, 9.17) is 17.3 Å². The number of amides is 1. The monoisotopic (exact) mass is 416 g/mol. The van der Waals surface area contributed by atoms with Crippen LogP contribution in [0.15, 0.2) is 59.5 Å². The van der Waals surface area contributed by atoms with Crippen molar-refractivity contribution in [1.82, 2.24) is 4.90 Å². The molecule has 26 heavy (non-hydrogen) atoms. The zero-order chi connectivity index (χ0) is 18.3. The Balaban J connectivity index is 0.00000338. The fraction of sp³-hybridized carbons (Fsp3) is 0.278. The zero-order valence-corrected chi connectivity index (χ0v) is 16.6. The van der Waals surface area contributed by atoms with Gasteiger partial charge < -0.3 is 10.6 Å². The van der Waals surface area contributed by atoms with Gasteiger partial charge in [-0.25, -0.2) is 8.42 Å². The van der Waals surface area contributed by atoms with Crippen LogP contribution in [-0.4, -0.2) is 44.6 Å². The molecule has 0 bridgehead atoms. The summed E-state index contributed by atoms with van der Waals surface area (Å²) in [6.45, 7) is 1.03. The van der Waals surface area contributed by atoms with E-state index in [0.29, 0.717) is 24.5 Å². The molecule has 0 fully saturated rings. The number of nitrogens with zero attached hydrogens (tertiary/aromatic N) is 1. The van der Waals surface area contributed by atoms with Crippen molar-refractivity contribution in [2.24, 2.45) is 5.73 Å². The average Bonchev–Trinajstić information content (AvgIpc) is 2.59. The van der Waals surface area contributed by atoms with Crippen molar-refractivity contribution >= 4 is 39.8 Å². The lowest BCUT2D eigenvalue weighted by Crippen LogP contribution is -2.40. The van der Waals surface area contributed by atoms with Gasteiger partial charge in [-0.3, -0.25) is 4.79 Å². The Bertz CT molecular complexity index is 797. The minimum absolute atomic E-state index is 0. The first-order chi connectivity index (χ1) is 11.9. The van der Waals surface area contributed by atoms with Gasteiger partial charge in [0.25, 0.3) is 0 Å². The molecule has 2 aromatic rings. The molecule has 0 saturated heterocycles. The van der Waals surface area contributed by atoms with Gasteiger partial charge in [-0.05, 0) is 36.2 Å². The number of nitrogens with two attached hydrogens (primary N) is 1. The summed E-state index contributed by atoms with van der Waals surface area (Å²) in [6, 6.07) is 15.5. The van der Waals surface area contributed by atoms with Crippen molar-refractivity contribution in [1.29, 1.82) is 0 Å². The van der Waals surface area contributed by atoms with Gasteiger partial charge in [0, 0.05) is 24.7 Å². The van der Waals surface area contributed by atoms with Crippen molar-refractivity contribution < 1.29 is 13.2 Å². The Morgan fingerprint density at radius 3 is 2.19 bits per heavy atom. The minimum atomic E-state index is -3.71. The Morgan fingerprint density at radius 2 is 1.62 bits per heavy atom. The summed E-state index contributed by atoms with van der Waals surface area (Å²) in [5.41, 5.74) is 6.65. The van der Waals surface area contributed by atoms with Gasteiger partial charge in [0.2, 0.25) is 5.91 Å². The van der Waals surface area contributed by atoms with E-state index in [-0.39, 0.29) is 23.8 Å². The molecular weight excluding hydrogens is 395 g/mol. The van der Waals surface area contributed by atoms with Crippen LogP contribution in [0.25, 0.3) is 0 Å². The molecule has 0 aromatic heterocycles. The van der Waals surface area contributed by atoms with Crippen LogP contribution >= 0.6 is 24.0 Å². The number of carbonyl (C=O) groups is 1. The Labute approximate surface area is 165 Å². The van der Waals surface area contributed by atoms with E-state index in [9.17, 15) is 13.2 Å². The quantitative estimate of drug-likeness (QED) is 0.716. The number of halogens is 2. The molecule has 0 saturated carbocycles. The number of sulfone groups is 1. The maximum atomic E-state index is 12.5. The molecule has 2 N–H and O–H groups in total. The minimum Gasteiger partial charge on any atom is -0.340 e. The molecule has 2 aromatic carbocycles. The van der Waals surface area contributed by atoms with Gasteiger partial charge in [0.1, 0.15) is 5.75 Å². The lowest BCUT2D eigenvalue weighted by atomic mass is 10.1. The van der Waals surface area contributed by atoms with Crippen molar-refractivity contribution in [3.05, 3.63) is 65.2 Å². The third-order valence-electron chi connectivity index (χ3n) is 3.75. The maximum absolute atomic E-state index is 12.5. The zero-order valence-electron chi connectivity index (χ0n) is 14.2. The highest BCUT2D eigenvalue weighted by Crippen LogP contribution is 2.16. The summed E-state index contributed by atoms with van der Waals surface area (Å²) < 4.78 is 24.8. The van der Waals surface area contributed by atoms with E-state index >= 15 is 0 Å². The van der Waals surface area contributed by atoms with Crippen molar-refractivity contribution in [2.45, 2.75) is 11.3 Å². The van der Waals surface area contributed by atoms with E-state index < -0.39 is 21.5 Å². The summed E-state index contributed by atoms with van der Waals surface area (Å²) in [5.74, 6) is -1.03. The second kappa shape index (κ2) is 10.5. The standard InChI is InChI=1S/C18H21ClN2O3S.ClH/c19-16-6-8-17(9-7-16)25(23,24)14-18(22)21(13-11-20)12-10-15-4-2-1-3-5-15;/h1-9H,10-14,20H2;1H. The van der Waals surface area contributed by atoms with Crippen LogP contribution in [0.3, 0.4) is 0 Å². The SMILES string of the molecule is Cl.NCCN(CCc1ccccc1)C(=O)CS(=O)(=O)c1ccc(Cl)cc1. The normalized spacial score (nSPS) is 10.8. The number of benzene rings is 2. The highest BCUT2D eigenvalue weighted by atomic mass is 35.5. The maximum Gasteiger partial charge on any atom is 0.238 e. The van der Waals surface area contributed by atoms with Crippen molar-refractivity contribution in [3.63, 3.8) is 0 Å². The second-order valence-corrected chi connectivity index (χ2v) is 8.04. The van der Waals surface area contributed by atoms with Crippen molar-refractivity contribution in [2.75, 3.05) is 25.4 Å². The third-order valence-corrected chi connectivity index (χ3v) is 5.62. The molecule has 0 unspecified atom stereocenters.